The Morgan fingerprint density at radius 1 is 1.22 bits per heavy atom. The van der Waals surface area contributed by atoms with Crippen LogP contribution in [0.2, 0.25) is 0 Å². The van der Waals surface area contributed by atoms with Crippen LogP contribution in [-0.4, -0.2) is 61.3 Å². The third kappa shape index (κ3) is 4.71. The number of rotatable bonds is 7. The van der Waals surface area contributed by atoms with Crippen LogP contribution in [0.4, 0.5) is 0 Å². The monoisotopic (exact) mass is 276 g/mol. The van der Waals surface area contributed by atoms with E-state index in [0.717, 1.165) is 0 Å². The van der Waals surface area contributed by atoms with Crippen molar-refractivity contribution in [1.29, 1.82) is 0 Å². The molecular formula is C10H20N4O3S. The summed E-state index contributed by atoms with van der Waals surface area (Å²) in [6.45, 7) is 2.93. The highest BCUT2D eigenvalue weighted by Crippen LogP contribution is 2.03. The maximum Gasteiger partial charge on any atom is 0.230 e. The van der Waals surface area contributed by atoms with E-state index >= 15 is 0 Å². The first-order chi connectivity index (χ1) is 8.31. The molecule has 0 aliphatic carbocycles. The molecule has 0 saturated carbocycles. The molecule has 0 radical (unpaired) electrons. The molecule has 0 bridgehead atoms. The van der Waals surface area contributed by atoms with Gasteiger partial charge in [0, 0.05) is 21.0 Å². The molecule has 0 aliphatic heterocycles. The Hall–Kier alpha value is -0.990. The Bertz CT molecular complexity index is 469. The minimum Gasteiger partial charge on any atom is -0.424 e. The summed E-state index contributed by atoms with van der Waals surface area (Å²) in [4.78, 5) is 1.96. The molecule has 0 atom stereocenters. The van der Waals surface area contributed by atoms with Gasteiger partial charge in [-0.2, -0.15) is 0 Å². The Balaban J connectivity index is 2.32. The van der Waals surface area contributed by atoms with Gasteiger partial charge in [-0.3, -0.25) is 4.90 Å². The Kier molecular flexibility index (Phi) is 5.24. The summed E-state index contributed by atoms with van der Waals surface area (Å²) in [6, 6.07) is 0. The molecule has 8 heteroatoms. The molecule has 0 aliphatic rings. The molecule has 104 valence electrons. The van der Waals surface area contributed by atoms with E-state index in [1.165, 1.54) is 4.31 Å². The van der Waals surface area contributed by atoms with E-state index in [-0.39, 0.29) is 5.75 Å². The second-order valence-electron chi connectivity index (χ2n) is 4.40. The second-order valence-corrected chi connectivity index (χ2v) is 6.71. The molecule has 0 saturated heterocycles. The van der Waals surface area contributed by atoms with Gasteiger partial charge in [-0.25, -0.2) is 12.7 Å². The van der Waals surface area contributed by atoms with E-state index in [2.05, 4.69) is 10.2 Å². The van der Waals surface area contributed by atoms with E-state index < -0.39 is 10.0 Å². The molecule has 0 N–H and O–H groups in total. The quantitative estimate of drug-likeness (QED) is 0.702. The maximum absolute atomic E-state index is 11.5. The first-order valence-corrected chi connectivity index (χ1v) is 7.30. The van der Waals surface area contributed by atoms with Crippen LogP contribution in [0.15, 0.2) is 4.42 Å². The van der Waals surface area contributed by atoms with Crippen LogP contribution >= 0.6 is 0 Å². The highest BCUT2D eigenvalue weighted by molar-refractivity contribution is 7.89. The van der Waals surface area contributed by atoms with Crippen molar-refractivity contribution < 1.29 is 12.8 Å². The standard InChI is InChI=1S/C10H20N4O3S/c1-9-11-12-10(17-9)8-14(4)6-5-7-18(15,16)13(2)3/h5-8H2,1-4H3. The molecule has 0 fully saturated rings. The average Bonchev–Trinajstić information content (AvgIpc) is 2.63. The molecule has 7 nitrogen and oxygen atoms in total. The molecule has 1 rings (SSSR count). The van der Waals surface area contributed by atoms with Crippen molar-refractivity contribution in [2.45, 2.75) is 19.9 Å². The normalized spacial score (nSPS) is 12.6. The van der Waals surface area contributed by atoms with Crippen LogP contribution in [0.1, 0.15) is 18.2 Å². The topological polar surface area (TPSA) is 79.5 Å². The van der Waals surface area contributed by atoms with Gasteiger partial charge in [0.25, 0.3) is 0 Å². The molecule has 18 heavy (non-hydrogen) atoms. The number of hydrogen-bond acceptors (Lipinski definition) is 6. The summed E-state index contributed by atoms with van der Waals surface area (Å²) >= 11 is 0. The van der Waals surface area contributed by atoms with Crippen LogP contribution in [0.3, 0.4) is 0 Å². The summed E-state index contributed by atoms with van der Waals surface area (Å²) in [5.74, 6) is 1.23. The average molecular weight is 276 g/mol. The highest BCUT2D eigenvalue weighted by Gasteiger charge is 2.14. The largest absolute Gasteiger partial charge is 0.424 e. The van der Waals surface area contributed by atoms with Gasteiger partial charge in [0.2, 0.25) is 21.8 Å². The van der Waals surface area contributed by atoms with Gasteiger partial charge >= 0.3 is 0 Å². The van der Waals surface area contributed by atoms with Gasteiger partial charge in [0.15, 0.2) is 0 Å². The zero-order valence-corrected chi connectivity index (χ0v) is 12.1. The zero-order valence-electron chi connectivity index (χ0n) is 11.3. The van der Waals surface area contributed by atoms with E-state index in [4.69, 9.17) is 4.42 Å². The third-order valence-corrected chi connectivity index (χ3v) is 4.39. The van der Waals surface area contributed by atoms with Crippen molar-refractivity contribution in [2.24, 2.45) is 0 Å². The lowest BCUT2D eigenvalue weighted by Crippen LogP contribution is -2.28. The minimum absolute atomic E-state index is 0.146. The molecule has 0 aromatic carbocycles. The molecule has 0 spiro atoms. The SMILES string of the molecule is Cc1nnc(CN(C)CCCS(=O)(=O)N(C)C)o1. The van der Waals surface area contributed by atoms with Crippen molar-refractivity contribution in [2.75, 3.05) is 33.4 Å². The first-order valence-electron chi connectivity index (χ1n) is 5.69. The zero-order chi connectivity index (χ0) is 13.8. The maximum atomic E-state index is 11.5. The summed E-state index contributed by atoms with van der Waals surface area (Å²) in [5.41, 5.74) is 0. The third-order valence-electron chi connectivity index (χ3n) is 2.47. The van der Waals surface area contributed by atoms with Gasteiger partial charge in [-0.05, 0) is 20.0 Å². The molecule has 1 heterocycles. The van der Waals surface area contributed by atoms with Crippen LogP contribution in [-0.2, 0) is 16.6 Å². The number of aromatic nitrogens is 2. The Morgan fingerprint density at radius 2 is 1.89 bits per heavy atom. The van der Waals surface area contributed by atoms with Crippen LogP contribution in [0.25, 0.3) is 0 Å². The summed E-state index contributed by atoms with van der Waals surface area (Å²) < 4.78 is 29.6. The fourth-order valence-corrected chi connectivity index (χ4v) is 2.27. The number of hydrogen-bond donors (Lipinski definition) is 0. The fraction of sp³-hybridized carbons (Fsp3) is 0.800. The van der Waals surface area contributed by atoms with Gasteiger partial charge in [0.1, 0.15) is 0 Å². The second kappa shape index (κ2) is 6.26. The summed E-state index contributed by atoms with van der Waals surface area (Å²) in [7, 11) is 1.87. The predicted molar refractivity (Wildman–Crippen MR) is 67.5 cm³/mol. The Morgan fingerprint density at radius 3 is 2.39 bits per heavy atom. The van der Waals surface area contributed by atoms with Crippen molar-refractivity contribution in [3.63, 3.8) is 0 Å². The molecule has 0 amide bonds. The molecular weight excluding hydrogens is 256 g/mol. The van der Waals surface area contributed by atoms with Gasteiger partial charge in [-0.1, -0.05) is 0 Å². The van der Waals surface area contributed by atoms with E-state index in [1.54, 1.807) is 21.0 Å². The number of aryl methyl sites for hydroxylation is 1. The van der Waals surface area contributed by atoms with Gasteiger partial charge in [-0.15, -0.1) is 10.2 Å². The first kappa shape index (κ1) is 15.1. The predicted octanol–water partition coefficient (Wildman–Crippen LogP) is 0.0913. The van der Waals surface area contributed by atoms with Crippen molar-refractivity contribution in [3.05, 3.63) is 11.8 Å². The van der Waals surface area contributed by atoms with Gasteiger partial charge in [0.05, 0.1) is 12.3 Å². The van der Waals surface area contributed by atoms with E-state index in [9.17, 15) is 8.42 Å². The lowest BCUT2D eigenvalue weighted by atomic mass is 10.4. The minimum atomic E-state index is -3.11. The van der Waals surface area contributed by atoms with Crippen molar-refractivity contribution in [3.8, 4) is 0 Å². The van der Waals surface area contributed by atoms with Crippen molar-refractivity contribution >= 4 is 10.0 Å². The molecule has 0 unspecified atom stereocenters. The van der Waals surface area contributed by atoms with Crippen LogP contribution in [0.5, 0.6) is 0 Å². The lowest BCUT2D eigenvalue weighted by Gasteiger charge is -2.15. The molecule has 1 aromatic rings. The molecule has 1 aromatic heterocycles. The van der Waals surface area contributed by atoms with Crippen LogP contribution < -0.4 is 0 Å². The smallest absolute Gasteiger partial charge is 0.230 e. The van der Waals surface area contributed by atoms with Crippen molar-refractivity contribution in [1.82, 2.24) is 19.4 Å². The number of sulfonamides is 1. The summed E-state index contributed by atoms with van der Waals surface area (Å²) in [6.07, 6.45) is 0.574. The summed E-state index contributed by atoms with van der Waals surface area (Å²) in [5, 5.41) is 7.62. The lowest BCUT2D eigenvalue weighted by molar-refractivity contribution is 0.286. The van der Waals surface area contributed by atoms with E-state index in [1.807, 2.05) is 11.9 Å². The highest BCUT2D eigenvalue weighted by atomic mass is 32.2. The number of nitrogens with zero attached hydrogens (tertiary/aromatic N) is 4. The van der Waals surface area contributed by atoms with Crippen LogP contribution in [0, 0.1) is 6.92 Å². The fourth-order valence-electron chi connectivity index (χ4n) is 1.41. The van der Waals surface area contributed by atoms with E-state index in [0.29, 0.717) is 31.3 Å². The Labute approximate surface area is 108 Å². The van der Waals surface area contributed by atoms with Gasteiger partial charge < -0.3 is 4.42 Å².